The van der Waals surface area contributed by atoms with Crippen molar-refractivity contribution in [2.75, 3.05) is 26.2 Å². The SMILES string of the molecule is CCNCCCNCCC(C)(C)C. The van der Waals surface area contributed by atoms with Crippen molar-refractivity contribution in [1.82, 2.24) is 10.6 Å². The Kier molecular flexibility index (Phi) is 7.29. The van der Waals surface area contributed by atoms with Crippen LogP contribution < -0.4 is 10.6 Å². The highest BCUT2D eigenvalue weighted by Gasteiger charge is 2.08. The molecule has 0 aliphatic carbocycles. The standard InChI is InChI=1S/C11H26N2/c1-5-12-8-6-9-13-10-7-11(2,3)4/h12-13H,5-10H2,1-4H3. The van der Waals surface area contributed by atoms with E-state index in [0.29, 0.717) is 5.41 Å². The number of nitrogens with one attached hydrogen (secondary N) is 2. The Morgan fingerprint density at radius 2 is 1.54 bits per heavy atom. The van der Waals surface area contributed by atoms with Gasteiger partial charge in [0.15, 0.2) is 0 Å². The molecule has 0 fully saturated rings. The van der Waals surface area contributed by atoms with Gasteiger partial charge in [0.05, 0.1) is 0 Å². The molecule has 0 saturated heterocycles. The average molecular weight is 186 g/mol. The maximum atomic E-state index is 3.46. The molecule has 0 aliphatic rings. The maximum Gasteiger partial charge on any atom is -0.00368 e. The van der Waals surface area contributed by atoms with Gasteiger partial charge in [-0.3, -0.25) is 0 Å². The fraction of sp³-hybridized carbons (Fsp3) is 1.00. The molecule has 0 aromatic rings. The van der Waals surface area contributed by atoms with Crippen LogP contribution in [0.4, 0.5) is 0 Å². The fourth-order valence-electron chi connectivity index (χ4n) is 1.10. The molecule has 0 spiro atoms. The normalized spacial score (nSPS) is 12.0. The van der Waals surface area contributed by atoms with Crippen LogP contribution >= 0.6 is 0 Å². The van der Waals surface area contributed by atoms with Crippen LogP contribution in [0.3, 0.4) is 0 Å². The summed E-state index contributed by atoms with van der Waals surface area (Å²) in [6.07, 6.45) is 2.49. The van der Waals surface area contributed by atoms with Crippen LogP contribution in [0.1, 0.15) is 40.5 Å². The molecule has 0 atom stereocenters. The van der Waals surface area contributed by atoms with Crippen LogP contribution in [0.15, 0.2) is 0 Å². The summed E-state index contributed by atoms with van der Waals surface area (Å²) in [6.45, 7) is 13.5. The van der Waals surface area contributed by atoms with Crippen LogP contribution in [0.2, 0.25) is 0 Å². The van der Waals surface area contributed by atoms with Gasteiger partial charge in [0.2, 0.25) is 0 Å². The lowest BCUT2D eigenvalue weighted by Crippen LogP contribution is -2.24. The maximum absolute atomic E-state index is 3.46. The van der Waals surface area contributed by atoms with Crippen molar-refractivity contribution in [3.05, 3.63) is 0 Å². The van der Waals surface area contributed by atoms with E-state index in [2.05, 4.69) is 38.3 Å². The highest BCUT2D eigenvalue weighted by molar-refractivity contribution is 4.63. The van der Waals surface area contributed by atoms with Crippen LogP contribution in [0.25, 0.3) is 0 Å². The van der Waals surface area contributed by atoms with Gasteiger partial charge in [-0.15, -0.1) is 0 Å². The monoisotopic (exact) mass is 186 g/mol. The van der Waals surface area contributed by atoms with Gasteiger partial charge in [-0.25, -0.2) is 0 Å². The summed E-state index contributed by atoms with van der Waals surface area (Å²) >= 11 is 0. The van der Waals surface area contributed by atoms with Crippen LogP contribution in [0, 0.1) is 5.41 Å². The first-order chi connectivity index (χ1) is 6.06. The molecule has 0 aromatic heterocycles. The molecule has 2 N–H and O–H groups in total. The predicted molar refractivity (Wildman–Crippen MR) is 60.1 cm³/mol. The third kappa shape index (κ3) is 11.9. The predicted octanol–water partition coefficient (Wildman–Crippen LogP) is 2.01. The first kappa shape index (κ1) is 12.9. The molecule has 2 heteroatoms. The van der Waals surface area contributed by atoms with Crippen LogP contribution in [-0.2, 0) is 0 Å². The van der Waals surface area contributed by atoms with E-state index >= 15 is 0 Å². The molecule has 0 aromatic carbocycles. The summed E-state index contributed by atoms with van der Waals surface area (Å²) < 4.78 is 0. The number of hydrogen-bond donors (Lipinski definition) is 2. The minimum atomic E-state index is 0.467. The molecule has 0 saturated carbocycles. The molecule has 80 valence electrons. The second-order valence-corrected chi connectivity index (χ2v) is 4.77. The van der Waals surface area contributed by atoms with Crippen molar-refractivity contribution in [3.8, 4) is 0 Å². The first-order valence-electron chi connectivity index (χ1n) is 5.47. The van der Waals surface area contributed by atoms with Gasteiger partial charge in [0.1, 0.15) is 0 Å². The topological polar surface area (TPSA) is 24.1 Å². The summed E-state index contributed by atoms with van der Waals surface area (Å²) in [5, 5.41) is 6.78. The fourth-order valence-corrected chi connectivity index (χ4v) is 1.10. The molecule has 0 aliphatic heterocycles. The molecule has 0 heterocycles. The quantitative estimate of drug-likeness (QED) is 0.594. The van der Waals surface area contributed by atoms with Gasteiger partial charge < -0.3 is 10.6 Å². The van der Waals surface area contributed by atoms with Crippen LogP contribution in [-0.4, -0.2) is 26.2 Å². The molecule has 2 nitrogen and oxygen atoms in total. The minimum absolute atomic E-state index is 0.467. The van der Waals surface area contributed by atoms with Gasteiger partial charge in [-0.2, -0.15) is 0 Å². The van der Waals surface area contributed by atoms with Gasteiger partial charge >= 0.3 is 0 Å². The van der Waals surface area contributed by atoms with Crippen molar-refractivity contribution < 1.29 is 0 Å². The zero-order chi connectivity index (χ0) is 10.2. The second kappa shape index (κ2) is 7.34. The molecule has 13 heavy (non-hydrogen) atoms. The Hall–Kier alpha value is -0.0800. The Balaban J connectivity index is 3.00. The molecule has 0 rings (SSSR count). The van der Waals surface area contributed by atoms with Gasteiger partial charge in [-0.05, 0) is 44.4 Å². The van der Waals surface area contributed by atoms with Crippen molar-refractivity contribution in [1.29, 1.82) is 0 Å². The summed E-state index contributed by atoms with van der Waals surface area (Å²) in [5.74, 6) is 0. The van der Waals surface area contributed by atoms with Gasteiger partial charge in [-0.1, -0.05) is 27.7 Å². The van der Waals surface area contributed by atoms with Gasteiger partial charge in [0, 0.05) is 0 Å². The van der Waals surface area contributed by atoms with E-state index in [1.807, 2.05) is 0 Å². The minimum Gasteiger partial charge on any atom is -0.317 e. The molecular formula is C11H26N2. The summed E-state index contributed by atoms with van der Waals surface area (Å²) in [7, 11) is 0. The smallest absolute Gasteiger partial charge is 0.00368 e. The lowest BCUT2D eigenvalue weighted by atomic mass is 9.92. The lowest BCUT2D eigenvalue weighted by Gasteiger charge is -2.17. The van der Waals surface area contributed by atoms with E-state index in [4.69, 9.17) is 0 Å². The lowest BCUT2D eigenvalue weighted by molar-refractivity contribution is 0.366. The van der Waals surface area contributed by atoms with Crippen molar-refractivity contribution in [2.24, 2.45) is 5.41 Å². The molecule has 0 amide bonds. The summed E-state index contributed by atoms with van der Waals surface area (Å²) in [6, 6.07) is 0. The number of hydrogen-bond acceptors (Lipinski definition) is 2. The molecular weight excluding hydrogens is 160 g/mol. The van der Waals surface area contributed by atoms with Crippen molar-refractivity contribution in [2.45, 2.75) is 40.5 Å². The zero-order valence-corrected chi connectivity index (χ0v) is 9.74. The second-order valence-electron chi connectivity index (χ2n) is 4.77. The highest BCUT2D eigenvalue weighted by Crippen LogP contribution is 2.16. The largest absolute Gasteiger partial charge is 0.317 e. The third-order valence-electron chi connectivity index (χ3n) is 2.01. The molecule has 0 unspecified atom stereocenters. The van der Waals surface area contributed by atoms with E-state index in [0.717, 1.165) is 26.2 Å². The van der Waals surface area contributed by atoms with Crippen LogP contribution in [0.5, 0.6) is 0 Å². The molecule has 0 bridgehead atoms. The summed E-state index contributed by atoms with van der Waals surface area (Å²) in [5.41, 5.74) is 0.467. The third-order valence-corrected chi connectivity index (χ3v) is 2.01. The van der Waals surface area contributed by atoms with E-state index in [1.165, 1.54) is 12.8 Å². The van der Waals surface area contributed by atoms with E-state index in [-0.39, 0.29) is 0 Å². The Morgan fingerprint density at radius 1 is 0.923 bits per heavy atom. The summed E-state index contributed by atoms with van der Waals surface area (Å²) in [4.78, 5) is 0. The Bertz CT molecular complexity index is 105. The number of rotatable bonds is 7. The zero-order valence-electron chi connectivity index (χ0n) is 9.74. The Morgan fingerprint density at radius 3 is 2.08 bits per heavy atom. The molecule has 0 radical (unpaired) electrons. The van der Waals surface area contributed by atoms with E-state index < -0.39 is 0 Å². The van der Waals surface area contributed by atoms with Gasteiger partial charge in [0.25, 0.3) is 0 Å². The highest BCUT2D eigenvalue weighted by atomic mass is 14.9. The van der Waals surface area contributed by atoms with Crippen molar-refractivity contribution >= 4 is 0 Å². The van der Waals surface area contributed by atoms with E-state index in [1.54, 1.807) is 0 Å². The average Bonchev–Trinajstić information content (AvgIpc) is 2.01. The first-order valence-corrected chi connectivity index (χ1v) is 5.47. The van der Waals surface area contributed by atoms with E-state index in [9.17, 15) is 0 Å². The van der Waals surface area contributed by atoms with Crippen molar-refractivity contribution in [3.63, 3.8) is 0 Å². The Labute approximate surface area is 83.5 Å².